The van der Waals surface area contributed by atoms with Crippen LogP contribution in [0.1, 0.15) is 42.3 Å². The van der Waals surface area contributed by atoms with E-state index in [4.69, 9.17) is 5.73 Å². The molecule has 0 aromatic heterocycles. The fourth-order valence-corrected chi connectivity index (χ4v) is 2.49. The highest BCUT2D eigenvalue weighted by atomic mass is 19.1. The molecule has 0 saturated heterocycles. The number of nitrogens with one attached hydrogen (secondary N) is 1. The summed E-state index contributed by atoms with van der Waals surface area (Å²) in [6.45, 7) is 6.26. The van der Waals surface area contributed by atoms with Gasteiger partial charge in [0.2, 0.25) is 5.91 Å². The first-order valence-electron chi connectivity index (χ1n) is 8.12. The SMILES string of the molecule is CC(C)(C)c1ccc(C(=O)N[C@H](Cc2cccc(F)c2)C(N)=O)cc1. The summed E-state index contributed by atoms with van der Waals surface area (Å²) >= 11 is 0. The van der Waals surface area contributed by atoms with E-state index < -0.39 is 17.8 Å². The Morgan fingerprint density at radius 2 is 1.76 bits per heavy atom. The Labute approximate surface area is 147 Å². The van der Waals surface area contributed by atoms with Crippen LogP contribution in [0.2, 0.25) is 0 Å². The van der Waals surface area contributed by atoms with Crippen LogP contribution < -0.4 is 11.1 Å². The number of halogens is 1. The molecule has 0 aliphatic heterocycles. The Hall–Kier alpha value is -2.69. The molecular formula is C20H23FN2O2. The van der Waals surface area contributed by atoms with Crippen LogP contribution in [0.25, 0.3) is 0 Å². The van der Waals surface area contributed by atoms with E-state index in [9.17, 15) is 14.0 Å². The number of amides is 2. The molecule has 1 atom stereocenters. The van der Waals surface area contributed by atoms with Gasteiger partial charge in [-0.25, -0.2) is 4.39 Å². The molecule has 0 unspecified atom stereocenters. The van der Waals surface area contributed by atoms with Crippen LogP contribution in [0.4, 0.5) is 4.39 Å². The molecule has 25 heavy (non-hydrogen) atoms. The van der Waals surface area contributed by atoms with Gasteiger partial charge < -0.3 is 11.1 Å². The topological polar surface area (TPSA) is 72.2 Å². The van der Waals surface area contributed by atoms with E-state index in [1.54, 1.807) is 24.3 Å². The molecule has 3 N–H and O–H groups in total. The second kappa shape index (κ2) is 7.47. The maximum absolute atomic E-state index is 13.3. The van der Waals surface area contributed by atoms with Crippen molar-refractivity contribution in [3.05, 3.63) is 71.0 Å². The van der Waals surface area contributed by atoms with E-state index in [-0.39, 0.29) is 17.7 Å². The van der Waals surface area contributed by atoms with E-state index in [2.05, 4.69) is 26.1 Å². The zero-order valence-corrected chi connectivity index (χ0v) is 14.7. The van der Waals surface area contributed by atoms with Gasteiger partial charge in [0, 0.05) is 12.0 Å². The third-order valence-corrected chi connectivity index (χ3v) is 3.99. The minimum atomic E-state index is -0.906. The largest absolute Gasteiger partial charge is 0.368 e. The fourth-order valence-electron chi connectivity index (χ4n) is 2.49. The summed E-state index contributed by atoms with van der Waals surface area (Å²) in [5.74, 6) is -1.45. The normalized spacial score (nSPS) is 12.5. The molecule has 0 spiro atoms. The summed E-state index contributed by atoms with van der Waals surface area (Å²) in [6.07, 6.45) is 0.138. The first-order valence-corrected chi connectivity index (χ1v) is 8.12. The summed E-state index contributed by atoms with van der Waals surface area (Å²) < 4.78 is 13.3. The first-order chi connectivity index (χ1) is 11.7. The van der Waals surface area contributed by atoms with Crippen molar-refractivity contribution in [1.82, 2.24) is 5.32 Å². The van der Waals surface area contributed by atoms with Crippen molar-refractivity contribution >= 4 is 11.8 Å². The minimum Gasteiger partial charge on any atom is -0.368 e. The molecule has 0 fully saturated rings. The van der Waals surface area contributed by atoms with Crippen LogP contribution >= 0.6 is 0 Å². The zero-order chi connectivity index (χ0) is 18.6. The Morgan fingerprint density at radius 1 is 1.12 bits per heavy atom. The maximum atomic E-state index is 13.3. The molecule has 0 heterocycles. The molecule has 2 rings (SSSR count). The standard InChI is InChI=1S/C20H23FN2O2/c1-20(2,3)15-9-7-14(8-10-15)19(25)23-17(18(22)24)12-13-5-4-6-16(21)11-13/h4-11,17H,12H2,1-3H3,(H2,22,24)(H,23,25)/t17-/m1/s1. The maximum Gasteiger partial charge on any atom is 0.251 e. The average molecular weight is 342 g/mol. The number of carbonyl (C=O) groups excluding carboxylic acids is 2. The summed E-state index contributed by atoms with van der Waals surface area (Å²) in [5, 5.41) is 2.62. The lowest BCUT2D eigenvalue weighted by atomic mass is 9.86. The van der Waals surface area contributed by atoms with Crippen LogP contribution in [0.15, 0.2) is 48.5 Å². The van der Waals surface area contributed by atoms with Gasteiger partial charge in [0.25, 0.3) is 5.91 Å². The van der Waals surface area contributed by atoms with Gasteiger partial charge in [0.1, 0.15) is 11.9 Å². The van der Waals surface area contributed by atoms with Gasteiger partial charge >= 0.3 is 0 Å². The lowest BCUT2D eigenvalue weighted by Gasteiger charge is -2.19. The van der Waals surface area contributed by atoms with Gasteiger partial charge in [0.05, 0.1) is 0 Å². The minimum absolute atomic E-state index is 0.0118. The van der Waals surface area contributed by atoms with Crippen LogP contribution in [0.5, 0.6) is 0 Å². The summed E-state index contributed by atoms with van der Waals surface area (Å²) in [7, 11) is 0. The summed E-state index contributed by atoms with van der Waals surface area (Å²) in [5.41, 5.74) is 7.51. The molecule has 5 heteroatoms. The highest BCUT2D eigenvalue weighted by Gasteiger charge is 2.20. The van der Waals surface area contributed by atoms with E-state index in [0.717, 1.165) is 5.56 Å². The van der Waals surface area contributed by atoms with Crippen molar-refractivity contribution < 1.29 is 14.0 Å². The third kappa shape index (κ3) is 5.14. The van der Waals surface area contributed by atoms with Crippen molar-refractivity contribution in [3.63, 3.8) is 0 Å². The molecule has 0 bridgehead atoms. The van der Waals surface area contributed by atoms with Gasteiger partial charge in [-0.15, -0.1) is 0 Å². The van der Waals surface area contributed by atoms with E-state index >= 15 is 0 Å². The van der Waals surface area contributed by atoms with Crippen LogP contribution in [-0.2, 0) is 16.6 Å². The van der Waals surface area contributed by atoms with Gasteiger partial charge in [-0.2, -0.15) is 0 Å². The van der Waals surface area contributed by atoms with Crippen molar-refractivity contribution in [3.8, 4) is 0 Å². The molecule has 0 aliphatic carbocycles. The Kier molecular flexibility index (Phi) is 5.57. The van der Waals surface area contributed by atoms with E-state index in [1.165, 1.54) is 12.1 Å². The number of carbonyl (C=O) groups is 2. The van der Waals surface area contributed by atoms with Crippen LogP contribution in [0.3, 0.4) is 0 Å². The predicted molar refractivity (Wildman–Crippen MR) is 95.7 cm³/mol. The number of hydrogen-bond acceptors (Lipinski definition) is 2. The molecule has 0 radical (unpaired) electrons. The quantitative estimate of drug-likeness (QED) is 0.877. The monoisotopic (exact) mass is 342 g/mol. The lowest BCUT2D eigenvalue weighted by molar-refractivity contribution is -0.119. The van der Waals surface area contributed by atoms with Crippen LogP contribution in [-0.4, -0.2) is 17.9 Å². The Morgan fingerprint density at radius 3 is 2.28 bits per heavy atom. The number of hydrogen-bond donors (Lipinski definition) is 2. The van der Waals surface area contributed by atoms with Crippen molar-refractivity contribution in [1.29, 1.82) is 0 Å². The molecule has 0 aliphatic rings. The fraction of sp³-hybridized carbons (Fsp3) is 0.300. The highest BCUT2D eigenvalue weighted by Crippen LogP contribution is 2.22. The summed E-state index contributed by atoms with van der Waals surface area (Å²) in [4.78, 5) is 24.0. The number of primary amides is 1. The summed E-state index contributed by atoms with van der Waals surface area (Å²) in [6, 6.07) is 12.2. The van der Waals surface area contributed by atoms with Crippen molar-refractivity contribution in [2.75, 3.05) is 0 Å². The Balaban J connectivity index is 2.11. The molecule has 4 nitrogen and oxygen atoms in total. The van der Waals surface area contributed by atoms with Gasteiger partial charge in [-0.05, 0) is 40.8 Å². The number of benzene rings is 2. The number of nitrogens with two attached hydrogens (primary N) is 1. The van der Waals surface area contributed by atoms with Gasteiger partial charge in [-0.1, -0.05) is 45.0 Å². The third-order valence-electron chi connectivity index (χ3n) is 3.99. The molecular weight excluding hydrogens is 319 g/mol. The van der Waals surface area contributed by atoms with Gasteiger partial charge in [0.15, 0.2) is 0 Å². The second-order valence-corrected chi connectivity index (χ2v) is 7.09. The molecule has 132 valence electrons. The first kappa shape index (κ1) is 18.6. The molecule has 2 amide bonds. The second-order valence-electron chi connectivity index (χ2n) is 7.09. The predicted octanol–water partition coefficient (Wildman–Crippen LogP) is 2.95. The zero-order valence-electron chi connectivity index (χ0n) is 14.7. The van der Waals surface area contributed by atoms with Crippen molar-refractivity contribution in [2.45, 2.75) is 38.6 Å². The van der Waals surface area contributed by atoms with E-state index in [1.807, 2.05) is 12.1 Å². The smallest absolute Gasteiger partial charge is 0.251 e. The molecule has 0 saturated carbocycles. The lowest BCUT2D eigenvalue weighted by Crippen LogP contribution is -2.45. The Bertz CT molecular complexity index is 764. The van der Waals surface area contributed by atoms with Gasteiger partial charge in [-0.3, -0.25) is 9.59 Å². The van der Waals surface area contributed by atoms with Crippen LogP contribution in [0, 0.1) is 5.82 Å². The molecule has 2 aromatic rings. The molecule has 2 aromatic carbocycles. The average Bonchev–Trinajstić information content (AvgIpc) is 2.53. The van der Waals surface area contributed by atoms with Crippen molar-refractivity contribution in [2.24, 2.45) is 5.73 Å². The highest BCUT2D eigenvalue weighted by molar-refractivity contribution is 5.97. The number of rotatable bonds is 5. The van der Waals surface area contributed by atoms with E-state index in [0.29, 0.717) is 11.1 Å².